The van der Waals surface area contributed by atoms with Crippen LogP contribution in [0.4, 0.5) is 0 Å². The van der Waals surface area contributed by atoms with E-state index in [1.54, 1.807) is 4.90 Å². The zero-order valence-corrected chi connectivity index (χ0v) is 22.6. The van der Waals surface area contributed by atoms with Gasteiger partial charge < -0.3 is 24.4 Å². The second-order valence-corrected chi connectivity index (χ2v) is 12.5. The van der Waals surface area contributed by atoms with Crippen LogP contribution in [0.15, 0.2) is 24.3 Å². The maximum absolute atomic E-state index is 14.4. The highest BCUT2D eigenvalue weighted by atomic mass is 16.6. The number of hydrogen-bond donors (Lipinski definition) is 1. The molecule has 4 heterocycles. The molecule has 0 radical (unpaired) electrons. The van der Waals surface area contributed by atoms with Crippen LogP contribution in [0.3, 0.4) is 0 Å². The largest absolute Gasteiger partial charge is 0.465 e. The van der Waals surface area contributed by atoms with E-state index in [9.17, 15) is 19.5 Å². The minimum Gasteiger partial charge on any atom is -0.465 e. The van der Waals surface area contributed by atoms with E-state index < -0.39 is 40.6 Å². The molecule has 4 rings (SSSR count). The highest BCUT2D eigenvalue weighted by Crippen LogP contribution is 2.58. The van der Waals surface area contributed by atoms with Crippen molar-refractivity contribution in [3.05, 3.63) is 24.3 Å². The van der Waals surface area contributed by atoms with Gasteiger partial charge in [0, 0.05) is 25.2 Å². The first-order chi connectivity index (χ1) is 16.8. The molecule has 1 unspecified atom stereocenters. The molecule has 1 N–H and O–H groups in total. The number of cyclic esters (lactones) is 1. The normalized spacial score (nSPS) is 34.6. The Morgan fingerprint density at radius 3 is 2.42 bits per heavy atom. The lowest BCUT2D eigenvalue weighted by Crippen LogP contribution is -2.60. The Bertz CT molecular complexity index is 966. The fourth-order valence-corrected chi connectivity index (χ4v) is 7.15. The van der Waals surface area contributed by atoms with E-state index in [1.165, 1.54) is 0 Å². The quantitative estimate of drug-likeness (QED) is 0.443. The maximum atomic E-state index is 14.4. The van der Waals surface area contributed by atoms with E-state index >= 15 is 0 Å². The predicted molar refractivity (Wildman–Crippen MR) is 135 cm³/mol. The van der Waals surface area contributed by atoms with Crippen molar-refractivity contribution in [3.63, 3.8) is 0 Å². The third-order valence-electron chi connectivity index (χ3n) is 8.15. The van der Waals surface area contributed by atoms with Crippen LogP contribution < -0.4 is 0 Å². The lowest BCUT2D eigenvalue weighted by Gasteiger charge is -2.45. The zero-order valence-electron chi connectivity index (χ0n) is 22.6. The summed E-state index contributed by atoms with van der Waals surface area (Å²) >= 11 is 0. The first-order valence-electron chi connectivity index (χ1n) is 13.3. The fourth-order valence-electron chi connectivity index (χ4n) is 7.15. The van der Waals surface area contributed by atoms with Gasteiger partial charge in [-0.15, -0.1) is 0 Å². The first kappa shape index (κ1) is 26.9. The standard InChI is InChI=1S/C28H42N2O6/c1-7-27-12-8-9-17-35-24(34)20(27)19-22(32)29(14-11-16-31)21-23(33)30(15-10-13-28(19,21)36-27)26(5,6)18-25(2,3)4/h8,10,12-13,19-21,31H,7,9,11,14-18H2,1-6H3/t19-,20+,21?,27-,28-/m0/s1. The molecule has 2 fully saturated rings. The van der Waals surface area contributed by atoms with Crippen LogP contribution >= 0.6 is 0 Å². The lowest BCUT2D eigenvalue weighted by atomic mass is 9.73. The van der Waals surface area contributed by atoms with Gasteiger partial charge in [-0.2, -0.15) is 0 Å². The van der Waals surface area contributed by atoms with Gasteiger partial charge in [-0.1, -0.05) is 52.0 Å². The topological polar surface area (TPSA) is 96.4 Å². The highest BCUT2D eigenvalue weighted by molar-refractivity contribution is 5.99. The first-order valence-corrected chi connectivity index (χ1v) is 13.3. The Morgan fingerprint density at radius 2 is 1.78 bits per heavy atom. The van der Waals surface area contributed by atoms with Crippen molar-refractivity contribution in [1.29, 1.82) is 0 Å². The molecule has 36 heavy (non-hydrogen) atoms. The van der Waals surface area contributed by atoms with E-state index in [4.69, 9.17) is 9.47 Å². The third-order valence-corrected chi connectivity index (χ3v) is 8.15. The number of nitrogens with zero attached hydrogens (tertiary/aromatic N) is 2. The Kier molecular flexibility index (Phi) is 6.92. The van der Waals surface area contributed by atoms with E-state index in [-0.39, 0.29) is 37.0 Å². The summed E-state index contributed by atoms with van der Waals surface area (Å²) in [7, 11) is 0. The Balaban J connectivity index is 1.86. The summed E-state index contributed by atoms with van der Waals surface area (Å²) in [5, 5.41) is 9.56. The number of aliphatic hydroxyl groups is 1. The molecule has 0 aliphatic carbocycles. The van der Waals surface area contributed by atoms with E-state index in [2.05, 4.69) is 34.6 Å². The van der Waals surface area contributed by atoms with Crippen LogP contribution in [0, 0.1) is 17.3 Å². The molecule has 8 heteroatoms. The molecule has 4 aliphatic heterocycles. The predicted octanol–water partition coefficient (Wildman–Crippen LogP) is 2.85. The molecule has 0 bridgehead atoms. The van der Waals surface area contributed by atoms with E-state index in [0.717, 1.165) is 6.42 Å². The summed E-state index contributed by atoms with van der Waals surface area (Å²) in [4.78, 5) is 45.3. The van der Waals surface area contributed by atoms with Crippen molar-refractivity contribution in [3.8, 4) is 0 Å². The molecule has 0 aromatic heterocycles. The Hall–Kier alpha value is -2.19. The number of esters is 1. The lowest BCUT2D eigenvalue weighted by molar-refractivity contribution is -0.163. The van der Waals surface area contributed by atoms with Crippen LogP contribution in [0.2, 0.25) is 0 Å². The molecule has 1 spiro atoms. The summed E-state index contributed by atoms with van der Waals surface area (Å²) in [5.74, 6) is -2.63. The summed E-state index contributed by atoms with van der Waals surface area (Å²) in [5.41, 5.74) is -2.81. The highest BCUT2D eigenvalue weighted by Gasteiger charge is 2.75. The van der Waals surface area contributed by atoms with Crippen LogP contribution in [-0.2, 0) is 23.9 Å². The molecular weight excluding hydrogens is 460 g/mol. The van der Waals surface area contributed by atoms with Gasteiger partial charge in [0.2, 0.25) is 11.8 Å². The van der Waals surface area contributed by atoms with Crippen molar-refractivity contribution >= 4 is 17.8 Å². The summed E-state index contributed by atoms with van der Waals surface area (Å²) < 4.78 is 12.4. The molecule has 0 aromatic rings. The molecule has 4 aliphatic rings. The smallest absolute Gasteiger partial charge is 0.313 e. The number of carbonyl (C=O) groups excluding carboxylic acids is 3. The molecular formula is C28H42N2O6. The number of likely N-dealkylation sites (tertiary alicyclic amines) is 1. The van der Waals surface area contributed by atoms with Gasteiger partial charge >= 0.3 is 5.97 Å². The van der Waals surface area contributed by atoms with Gasteiger partial charge in [-0.25, -0.2) is 0 Å². The number of rotatable bonds is 6. The minimum atomic E-state index is -1.29. The van der Waals surface area contributed by atoms with Gasteiger partial charge in [0.1, 0.15) is 23.2 Å². The number of fused-ring (bicyclic) bond motifs is 2. The number of carbonyl (C=O) groups is 3. The Morgan fingerprint density at radius 1 is 1.06 bits per heavy atom. The third kappa shape index (κ3) is 4.20. The average molecular weight is 503 g/mol. The van der Waals surface area contributed by atoms with E-state index in [1.807, 2.05) is 36.1 Å². The van der Waals surface area contributed by atoms with Crippen molar-refractivity contribution in [2.24, 2.45) is 17.3 Å². The average Bonchev–Trinajstić information content (AvgIpc) is 3.10. The zero-order chi connectivity index (χ0) is 26.5. The van der Waals surface area contributed by atoms with Crippen molar-refractivity contribution in [1.82, 2.24) is 9.80 Å². The maximum Gasteiger partial charge on any atom is 0.313 e. The number of aliphatic hydroxyl groups excluding tert-OH is 1. The molecule has 5 atom stereocenters. The minimum absolute atomic E-state index is 0.0157. The van der Waals surface area contributed by atoms with Gasteiger partial charge in [0.05, 0.1) is 12.5 Å². The SMILES string of the molecule is CC[C@]12C=CCCOC(=O)[C@H]1[C@H]1C(=O)N(CCCO)C3C(=O)N(C(C)(C)CC(C)(C)C)CC=C[C@@]31O2. The summed E-state index contributed by atoms with van der Waals surface area (Å²) in [6.07, 6.45) is 9.81. The number of amides is 2. The van der Waals surface area contributed by atoms with Gasteiger partial charge in [0.25, 0.3) is 0 Å². The van der Waals surface area contributed by atoms with E-state index in [0.29, 0.717) is 25.8 Å². The van der Waals surface area contributed by atoms with Gasteiger partial charge in [-0.3, -0.25) is 14.4 Å². The molecule has 0 saturated carbocycles. The number of hydrogen-bond acceptors (Lipinski definition) is 6. The van der Waals surface area contributed by atoms with Gasteiger partial charge in [0.15, 0.2) is 0 Å². The fraction of sp³-hybridized carbons (Fsp3) is 0.750. The molecule has 2 amide bonds. The second kappa shape index (κ2) is 9.28. The monoisotopic (exact) mass is 502 g/mol. The van der Waals surface area contributed by atoms with Gasteiger partial charge in [-0.05, 0) is 44.9 Å². The van der Waals surface area contributed by atoms with Crippen LogP contribution in [0.25, 0.3) is 0 Å². The molecule has 0 aromatic carbocycles. The molecule has 2 saturated heterocycles. The molecule has 200 valence electrons. The van der Waals surface area contributed by atoms with Crippen molar-refractivity contribution in [2.45, 2.75) is 90.0 Å². The van der Waals surface area contributed by atoms with Crippen molar-refractivity contribution < 1.29 is 29.0 Å². The van der Waals surface area contributed by atoms with Crippen LogP contribution in [0.5, 0.6) is 0 Å². The van der Waals surface area contributed by atoms with Crippen LogP contribution in [-0.4, -0.2) is 81.8 Å². The molecule has 8 nitrogen and oxygen atoms in total. The van der Waals surface area contributed by atoms with Crippen LogP contribution in [0.1, 0.15) is 67.2 Å². The number of ether oxygens (including phenoxy) is 2. The summed E-state index contributed by atoms with van der Waals surface area (Å²) in [6, 6.07) is -0.919. The van der Waals surface area contributed by atoms with Crippen molar-refractivity contribution in [2.75, 3.05) is 26.3 Å². The second-order valence-electron chi connectivity index (χ2n) is 12.5. The Labute approximate surface area is 214 Å². The summed E-state index contributed by atoms with van der Waals surface area (Å²) in [6.45, 7) is 13.3.